The van der Waals surface area contributed by atoms with Gasteiger partial charge in [-0.1, -0.05) is 23.4 Å². The summed E-state index contributed by atoms with van der Waals surface area (Å²) in [5.74, 6) is 1.07. The predicted octanol–water partition coefficient (Wildman–Crippen LogP) is 2.08. The second kappa shape index (κ2) is 7.72. The third-order valence-electron chi connectivity index (χ3n) is 4.42. The van der Waals surface area contributed by atoms with Gasteiger partial charge in [0.15, 0.2) is 5.76 Å². The molecule has 7 heteroatoms. The van der Waals surface area contributed by atoms with E-state index >= 15 is 0 Å². The highest BCUT2D eigenvalue weighted by atomic mass is 16.5. The third-order valence-corrected chi connectivity index (χ3v) is 4.42. The van der Waals surface area contributed by atoms with Crippen LogP contribution in [0.15, 0.2) is 45.3 Å². The van der Waals surface area contributed by atoms with Gasteiger partial charge in [-0.3, -0.25) is 9.69 Å². The minimum Gasteiger partial charge on any atom is -0.453 e. The Morgan fingerprint density at radius 2 is 2.00 bits per heavy atom. The maximum atomic E-state index is 12.1. The first-order chi connectivity index (χ1) is 12.8. The molecule has 1 fully saturated rings. The highest BCUT2D eigenvalue weighted by Crippen LogP contribution is 2.28. The van der Waals surface area contributed by atoms with Crippen LogP contribution in [0, 0.1) is 0 Å². The number of para-hydroxylation sites is 1. The average Bonchev–Trinajstić information content (AvgIpc) is 3.29. The van der Waals surface area contributed by atoms with E-state index in [1.807, 2.05) is 30.3 Å². The summed E-state index contributed by atoms with van der Waals surface area (Å²) in [7, 11) is 0. The standard InChI is InChI=1S/C19H21N3O4/c23-19(20-5-6-22-7-9-24-10-8-22)13-15-12-18(26-21-15)17-11-14-3-1-2-4-16(14)25-17/h1-4,11-12H,5-10,13H2,(H,20,23). The summed E-state index contributed by atoms with van der Waals surface area (Å²) in [5.41, 5.74) is 1.38. The number of furan rings is 1. The van der Waals surface area contributed by atoms with Crippen LogP contribution in [-0.4, -0.2) is 55.4 Å². The van der Waals surface area contributed by atoms with E-state index in [0.717, 1.165) is 43.8 Å². The Bertz CT molecular complexity index is 847. The van der Waals surface area contributed by atoms with Crippen LogP contribution in [0.5, 0.6) is 0 Å². The normalized spacial score (nSPS) is 15.4. The van der Waals surface area contributed by atoms with Crippen LogP contribution < -0.4 is 5.32 Å². The molecule has 0 radical (unpaired) electrons. The van der Waals surface area contributed by atoms with Gasteiger partial charge in [0.05, 0.1) is 25.3 Å². The van der Waals surface area contributed by atoms with Gasteiger partial charge in [-0.2, -0.15) is 0 Å². The van der Waals surface area contributed by atoms with Crippen LogP contribution >= 0.6 is 0 Å². The van der Waals surface area contributed by atoms with Gasteiger partial charge in [-0.05, 0) is 12.1 Å². The van der Waals surface area contributed by atoms with E-state index in [2.05, 4.69) is 15.4 Å². The molecule has 1 N–H and O–H groups in total. The monoisotopic (exact) mass is 355 g/mol. The summed E-state index contributed by atoms with van der Waals surface area (Å²) < 4.78 is 16.4. The number of nitrogens with one attached hydrogen (secondary N) is 1. The molecular formula is C19H21N3O4. The van der Waals surface area contributed by atoms with E-state index in [0.29, 0.717) is 23.8 Å². The fourth-order valence-corrected chi connectivity index (χ4v) is 3.02. The molecule has 1 aromatic carbocycles. The van der Waals surface area contributed by atoms with Gasteiger partial charge in [0, 0.05) is 37.6 Å². The van der Waals surface area contributed by atoms with Crippen molar-refractivity contribution in [1.29, 1.82) is 0 Å². The average molecular weight is 355 g/mol. The molecule has 136 valence electrons. The van der Waals surface area contributed by atoms with Crippen molar-refractivity contribution in [2.45, 2.75) is 6.42 Å². The Hall–Kier alpha value is -2.64. The lowest BCUT2D eigenvalue weighted by Crippen LogP contribution is -2.41. The summed E-state index contributed by atoms with van der Waals surface area (Å²) in [4.78, 5) is 14.4. The molecule has 1 aliphatic rings. The van der Waals surface area contributed by atoms with Crippen molar-refractivity contribution in [1.82, 2.24) is 15.4 Å². The highest BCUT2D eigenvalue weighted by Gasteiger charge is 2.15. The summed E-state index contributed by atoms with van der Waals surface area (Å²) >= 11 is 0. The number of hydrogen-bond donors (Lipinski definition) is 1. The van der Waals surface area contributed by atoms with Gasteiger partial charge < -0.3 is 19.0 Å². The fourth-order valence-electron chi connectivity index (χ4n) is 3.02. The van der Waals surface area contributed by atoms with Crippen molar-refractivity contribution in [2.75, 3.05) is 39.4 Å². The highest BCUT2D eigenvalue weighted by molar-refractivity contribution is 5.82. The Morgan fingerprint density at radius 1 is 1.15 bits per heavy atom. The molecule has 0 unspecified atom stereocenters. The topological polar surface area (TPSA) is 80.7 Å². The predicted molar refractivity (Wildman–Crippen MR) is 95.7 cm³/mol. The molecule has 3 aromatic rings. The maximum Gasteiger partial charge on any atom is 0.226 e. The fraction of sp³-hybridized carbons (Fsp3) is 0.368. The van der Waals surface area contributed by atoms with Crippen LogP contribution in [0.4, 0.5) is 0 Å². The largest absolute Gasteiger partial charge is 0.453 e. The minimum atomic E-state index is -0.0669. The number of hydrogen-bond acceptors (Lipinski definition) is 6. The zero-order chi connectivity index (χ0) is 17.8. The summed E-state index contributed by atoms with van der Waals surface area (Å²) in [6.45, 7) is 4.81. The number of nitrogens with zero attached hydrogens (tertiary/aromatic N) is 2. The number of ether oxygens (including phenoxy) is 1. The third kappa shape index (κ3) is 3.95. The number of rotatable bonds is 6. The molecule has 4 rings (SSSR count). The molecule has 3 heterocycles. The molecule has 0 aliphatic carbocycles. The number of benzene rings is 1. The molecule has 26 heavy (non-hydrogen) atoms. The second-order valence-corrected chi connectivity index (χ2v) is 6.31. The Balaban J connectivity index is 1.30. The van der Waals surface area contributed by atoms with E-state index in [-0.39, 0.29) is 12.3 Å². The minimum absolute atomic E-state index is 0.0669. The van der Waals surface area contributed by atoms with Gasteiger partial charge in [-0.15, -0.1) is 0 Å². The molecule has 1 aliphatic heterocycles. The van der Waals surface area contributed by atoms with Crippen LogP contribution in [0.2, 0.25) is 0 Å². The van der Waals surface area contributed by atoms with E-state index < -0.39 is 0 Å². The lowest BCUT2D eigenvalue weighted by Gasteiger charge is -2.26. The van der Waals surface area contributed by atoms with Gasteiger partial charge in [0.2, 0.25) is 11.7 Å². The summed E-state index contributed by atoms with van der Waals surface area (Å²) in [6, 6.07) is 11.4. The number of carbonyl (C=O) groups excluding carboxylic acids is 1. The van der Waals surface area contributed by atoms with Crippen molar-refractivity contribution in [2.24, 2.45) is 0 Å². The molecular weight excluding hydrogens is 334 g/mol. The first-order valence-electron chi connectivity index (χ1n) is 8.79. The molecule has 1 saturated heterocycles. The first kappa shape index (κ1) is 16.8. The number of carbonyl (C=O) groups is 1. The molecule has 1 amide bonds. The zero-order valence-corrected chi connectivity index (χ0v) is 14.4. The molecule has 7 nitrogen and oxygen atoms in total. The van der Waals surface area contributed by atoms with Crippen molar-refractivity contribution in [3.8, 4) is 11.5 Å². The Kier molecular flexibility index (Phi) is 4.99. The number of fused-ring (bicyclic) bond motifs is 1. The van der Waals surface area contributed by atoms with E-state index in [1.54, 1.807) is 6.07 Å². The summed E-state index contributed by atoms with van der Waals surface area (Å²) in [5, 5.41) is 7.90. The second-order valence-electron chi connectivity index (χ2n) is 6.31. The van der Waals surface area contributed by atoms with Gasteiger partial charge >= 0.3 is 0 Å². The molecule has 2 aromatic heterocycles. The van der Waals surface area contributed by atoms with E-state index in [9.17, 15) is 4.79 Å². The van der Waals surface area contributed by atoms with Crippen LogP contribution in [-0.2, 0) is 16.0 Å². The van der Waals surface area contributed by atoms with Crippen molar-refractivity contribution in [3.05, 3.63) is 42.1 Å². The number of aromatic nitrogens is 1. The van der Waals surface area contributed by atoms with Crippen molar-refractivity contribution < 1.29 is 18.5 Å². The van der Waals surface area contributed by atoms with Gasteiger partial charge in [-0.25, -0.2) is 0 Å². The molecule has 0 atom stereocenters. The SMILES string of the molecule is O=C(Cc1cc(-c2cc3ccccc3o2)on1)NCCN1CCOCC1. The zero-order valence-electron chi connectivity index (χ0n) is 14.4. The van der Waals surface area contributed by atoms with Crippen LogP contribution in [0.1, 0.15) is 5.69 Å². The quantitative estimate of drug-likeness (QED) is 0.729. The molecule has 0 bridgehead atoms. The molecule has 0 spiro atoms. The van der Waals surface area contributed by atoms with Gasteiger partial charge in [0.1, 0.15) is 5.58 Å². The Morgan fingerprint density at radius 3 is 2.85 bits per heavy atom. The lowest BCUT2D eigenvalue weighted by atomic mass is 10.2. The van der Waals surface area contributed by atoms with Gasteiger partial charge in [0.25, 0.3) is 0 Å². The van der Waals surface area contributed by atoms with Crippen LogP contribution in [0.3, 0.4) is 0 Å². The Labute approximate surface area is 150 Å². The molecule has 0 saturated carbocycles. The van der Waals surface area contributed by atoms with Crippen molar-refractivity contribution >= 4 is 16.9 Å². The number of morpholine rings is 1. The van der Waals surface area contributed by atoms with Crippen LogP contribution in [0.25, 0.3) is 22.5 Å². The number of amides is 1. The lowest BCUT2D eigenvalue weighted by molar-refractivity contribution is -0.120. The van der Waals surface area contributed by atoms with Crippen molar-refractivity contribution in [3.63, 3.8) is 0 Å². The maximum absolute atomic E-state index is 12.1. The van der Waals surface area contributed by atoms with E-state index in [4.69, 9.17) is 13.7 Å². The summed E-state index contributed by atoms with van der Waals surface area (Å²) in [6.07, 6.45) is 0.187. The van der Waals surface area contributed by atoms with E-state index in [1.165, 1.54) is 0 Å². The first-order valence-corrected chi connectivity index (χ1v) is 8.79. The smallest absolute Gasteiger partial charge is 0.226 e.